The van der Waals surface area contributed by atoms with Crippen molar-refractivity contribution < 1.29 is 28.6 Å². The van der Waals surface area contributed by atoms with Crippen molar-refractivity contribution in [3.05, 3.63) is 53.6 Å². The van der Waals surface area contributed by atoms with Gasteiger partial charge in [0.1, 0.15) is 0 Å². The van der Waals surface area contributed by atoms with E-state index in [0.717, 1.165) is 0 Å². The van der Waals surface area contributed by atoms with Gasteiger partial charge in [0.15, 0.2) is 23.9 Å². The van der Waals surface area contributed by atoms with Crippen LogP contribution in [0.5, 0.6) is 11.5 Å². The first-order chi connectivity index (χ1) is 13.8. The highest BCUT2D eigenvalue weighted by molar-refractivity contribution is 5.98. The van der Waals surface area contributed by atoms with E-state index in [1.807, 2.05) is 13.8 Å². The van der Waals surface area contributed by atoms with Crippen LogP contribution < -0.4 is 14.8 Å². The van der Waals surface area contributed by atoms with E-state index in [9.17, 15) is 14.4 Å². The summed E-state index contributed by atoms with van der Waals surface area (Å²) in [5.41, 5.74) is 1.17. The number of ether oxygens (including phenoxy) is 3. The number of nitrogens with one attached hydrogen (secondary N) is 1. The van der Waals surface area contributed by atoms with Crippen LogP contribution in [0.2, 0.25) is 0 Å². The third kappa shape index (κ3) is 6.64. The van der Waals surface area contributed by atoms with Crippen LogP contribution in [0.25, 0.3) is 0 Å². The Hall–Kier alpha value is -3.35. The van der Waals surface area contributed by atoms with E-state index in [-0.39, 0.29) is 11.3 Å². The molecule has 0 bridgehead atoms. The zero-order valence-corrected chi connectivity index (χ0v) is 17.0. The Balaban J connectivity index is 1.95. The Morgan fingerprint density at radius 2 is 1.76 bits per heavy atom. The predicted octanol–water partition coefficient (Wildman–Crippen LogP) is 3.73. The number of carbonyl (C=O) groups excluding carboxylic acids is 3. The van der Waals surface area contributed by atoms with Gasteiger partial charge in [0.25, 0.3) is 5.91 Å². The fourth-order valence-corrected chi connectivity index (χ4v) is 2.40. The van der Waals surface area contributed by atoms with Crippen molar-refractivity contribution in [1.29, 1.82) is 0 Å². The van der Waals surface area contributed by atoms with Gasteiger partial charge in [0.2, 0.25) is 0 Å². The van der Waals surface area contributed by atoms with Gasteiger partial charge in [-0.15, -0.1) is 0 Å². The Morgan fingerprint density at radius 1 is 1.00 bits per heavy atom. The van der Waals surface area contributed by atoms with Gasteiger partial charge in [-0.05, 0) is 43.2 Å². The zero-order chi connectivity index (χ0) is 21.4. The quantitative estimate of drug-likeness (QED) is 0.510. The predicted molar refractivity (Wildman–Crippen MR) is 109 cm³/mol. The van der Waals surface area contributed by atoms with E-state index in [2.05, 4.69) is 5.32 Å². The lowest BCUT2D eigenvalue weighted by atomic mass is 10.1. The highest BCUT2D eigenvalue weighted by atomic mass is 16.5. The maximum Gasteiger partial charge on any atom is 0.338 e. The van der Waals surface area contributed by atoms with Gasteiger partial charge in [-0.25, -0.2) is 4.79 Å². The second-order valence-electron chi connectivity index (χ2n) is 6.83. The van der Waals surface area contributed by atoms with Crippen LogP contribution in [0, 0.1) is 5.92 Å². The SMILES string of the molecule is COc1cc(C(=O)OCC(=O)Nc2cccc(C(C)=O)c2)ccc1OCC(C)C. The summed E-state index contributed by atoms with van der Waals surface area (Å²) in [5, 5.41) is 2.59. The molecule has 1 N–H and O–H groups in total. The lowest BCUT2D eigenvalue weighted by Gasteiger charge is -2.13. The number of carbonyl (C=O) groups is 3. The molecule has 0 radical (unpaired) electrons. The zero-order valence-electron chi connectivity index (χ0n) is 17.0. The summed E-state index contributed by atoms with van der Waals surface area (Å²) in [7, 11) is 1.48. The van der Waals surface area contributed by atoms with E-state index < -0.39 is 18.5 Å². The number of esters is 1. The molecule has 0 heterocycles. The molecule has 0 unspecified atom stereocenters. The van der Waals surface area contributed by atoms with E-state index in [1.165, 1.54) is 20.1 Å². The van der Waals surface area contributed by atoms with Crippen LogP contribution in [0.15, 0.2) is 42.5 Å². The Labute approximate surface area is 170 Å². The fourth-order valence-electron chi connectivity index (χ4n) is 2.40. The molecular weight excluding hydrogens is 374 g/mol. The average molecular weight is 399 g/mol. The molecule has 29 heavy (non-hydrogen) atoms. The molecule has 7 heteroatoms. The number of hydrogen-bond acceptors (Lipinski definition) is 6. The molecule has 0 aliphatic rings. The molecule has 154 valence electrons. The van der Waals surface area contributed by atoms with Crippen LogP contribution in [0.3, 0.4) is 0 Å². The molecule has 0 aromatic heterocycles. The summed E-state index contributed by atoms with van der Waals surface area (Å²) in [5.74, 6) is 0.00184. The topological polar surface area (TPSA) is 90.9 Å². The molecule has 0 saturated carbocycles. The highest BCUT2D eigenvalue weighted by Crippen LogP contribution is 2.28. The maximum absolute atomic E-state index is 12.2. The van der Waals surface area contributed by atoms with Crippen molar-refractivity contribution >= 4 is 23.3 Å². The first-order valence-electron chi connectivity index (χ1n) is 9.19. The number of ketones is 1. The fraction of sp³-hybridized carbons (Fsp3) is 0.318. The van der Waals surface area contributed by atoms with Gasteiger partial charge in [0.05, 0.1) is 19.3 Å². The molecule has 0 fully saturated rings. The smallest absolute Gasteiger partial charge is 0.338 e. The monoisotopic (exact) mass is 399 g/mol. The molecule has 0 spiro atoms. The second-order valence-corrected chi connectivity index (χ2v) is 6.83. The molecule has 1 amide bonds. The van der Waals surface area contributed by atoms with E-state index in [4.69, 9.17) is 14.2 Å². The molecule has 0 atom stereocenters. The first-order valence-corrected chi connectivity index (χ1v) is 9.19. The number of rotatable bonds is 9. The van der Waals surface area contributed by atoms with E-state index >= 15 is 0 Å². The minimum absolute atomic E-state index is 0.109. The average Bonchev–Trinajstić information content (AvgIpc) is 2.70. The van der Waals surface area contributed by atoms with Gasteiger partial charge in [-0.1, -0.05) is 26.0 Å². The van der Waals surface area contributed by atoms with Crippen molar-refractivity contribution in [2.45, 2.75) is 20.8 Å². The molecule has 0 saturated heterocycles. The van der Waals surface area contributed by atoms with Gasteiger partial charge < -0.3 is 19.5 Å². The number of anilines is 1. The minimum Gasteiger partial charge on any atom is -0.493 e. The van der Waals surface area contributed by atoms with E-state index in [1.54, 1.807) is 36.4 Å². The molecule has 0 aliphatic heterocycles. The summed E-state index contributed by atoms with van der Waals surface area (Å²) in [6, 6.07) is 11.2. The highest BCUT2D eigenvalue weighted by Gasteiger charge is 2.15. The van der Waals surface area contributed by atoms with Gasteiger partial charge in [-0.2, -0.15) is 0 Å². The number of benzene rings is 2. The van der Waals surface area contributed by atoms with Gasteiger partial charge in [0, 0.05) is 11.3 Å². The summed E-state index contributed by atoms with van der Waals surface area (Å²) in [6.45, 7) is 5.55. The molecule has 0 aliphatic carbocycles. The molecule has 2 rings (SSSR count). The van der Waals surface area contributed by atoms with Crippen LogP contribution in [0.4, 0.5) is 5.69 Å². The van der Waals surface area contributed by atoms with Crippen molar-refractivity contribution in [3.63, 3.8) is 0 Å². The van der Waals surface area contributed by atoms with Crippen LogP contribution in [0.1, 0.15) is 41.5 Å². The lowest BCUT2D eigenvalue weighted by molar-refractivity contribution is -0.119. The largest absolute Gasteiger partial charge is 0.493 e. The van der Waals surface area contributed by atoms with Crippen molar-refractivity contribution in [1.82, 2.24) is 0 Å². The minimum atomic E-state index is -0.661. The Kier molecular flexibility index (Phi) is 7.77. The van der Waals surface area contributed by atoms with Gasteiger partial charge in [-0.3, -0.25) is 9.59 Å². The standard InChI is InChI=1S/C22H25NO6/c1-14(2)12-28-19-9-8-17(11-20(19)27-4)22(26)29-13-21(25)23-18-7-5-6-16(10-18)15(3)24/h5-11,14H,12-13H2,1-4H3,(H,23,25). The van der Waals surface area contributed by atoms with Crippen molar-refractivity contribution in [2.24, 2.45) is 5.92 Å². The lowest BCUT2D eigenvalue weighted by Crippen LogP contribution is -2.21. The van der Waals surface area contributed by atoms with Crippen LogP contribution >= 0.6 is 0 Å². The molecule has 2 aromatic rings. The number of Topliss-reactive ketones (excluding diaryl/α,β-unsaturated/α-hetero) is 1. The second kappa shape index (κ2) is 10.3. The molecule has 7 nitrogen and oxygen atoms in total. The summed E-state index contributed by atoms with van der Waals surface area (Å²) in [6.07, 6.45) is 0. The summed E-state index contributed by atoms with van der Waals surface area (Å²) < 4.78 is 16.0. The summed E-state index contributed by atoms with van der Waals surface area (Å²) in [4.78, 5) is 35.7. The van der Waals surface area contributed by atoms with Crippen molar-refractivity contribution in [3.8, 4) is 11.5 Å². The Morgan fingerprint density at radius 3 is 2.41 bits per heavy atom. The normalized spacial score (nSPS) is 10.4. The maximum atomic E-state index is 12.2. The number of amides is 1. The first kappa shape index (κ1) is 21.9. The number of hydrogen-bond donors (Lipinski definition) is 1. The van der Waals surface area contributed by atoms with Crippen LogP contribution in [-0.2, 0) is 9.53 Å². The van der Waals surface area contributed by atoms with E-state index in [0.29, 0.717) is 35.3 Å². The van der Waals surface area contributed by atoms with Crippen molar-refractivity contribution in [2.75, 3.05) is 25.6 Å². The van der Waals surface area contributed by atoms with Gasteiger partial charge >= 0.3 is 5.97 Å². The van der Waals surface area contributed by atoms with Crippen LogP contribution in [-0.4, -0.2) is 38.0 Å². The summed E-state index contributed by atoms with van der Waals surface area (Å²) >= 11 is 0. The Bertz CT molecular complexity index is 891. The number of methoxy groups -OCH3 is 1. The molecular formula is C22H25NO6. The third-order valence-electron chi connectivity index (χ3n) is 3.86. The third-order valence-corrected chi connectivity index (χ3v) is 3.86. The molecule has 2 aromatic carbocycles.